The summed E-state index contributed by atoms with van der Waals surface area (Å²) in [5.41, 5.74) is 9.87. The van der Waals surface area contributed by atoms with E-state index in [-0.39, 0.29) is 5.91 Å². The number of hydrogen-bond donors (Lipinski definition) is 2. The van der Waals surface area contributed by atoms with E-state index in [9.17, 15) is 4.79 Å². The molecule has 0 saturated heterocycles. The van der Waals surface area contributed by atoms with E-state index in [2.05, 4.69) is 16.4 Å². The molecule has 0 unspecified atom stereocenters. The van der Waals surface area contributed by atoms with Gasteiger partial charge in [0.1, 0.15) is 5.82 Å². The third kappa shape index (κ3) is 2.02. The highest BCUT2D eigenvalue weighted by molar-refractivity contribution is 5.94. The van der Waals surface area contributed by atoms with Gasteiger partial charge in [-0.2, -0.15) is 0 Å². The van der Waals surface area contributed by atoms with Crippen molar-refractivity contribution >= 4 is 11.6 Å². The Labute approximate surface area is 111 Å². The van der Waals surface area contributed by atoms with E-state index < -0.39 is 0 Å². The van der Waals surface area contributed by atoms with Crippen LogP contribution in [-0.4, -0.2) is 15.5 Å². The van der Waals surface area contributed by atoms with Crippen LogP contribution in [0.3, 0.4) is 0 Å². The van der Waals surface area contributed by atoms with Crippen LogP contribution in [0.15, 0.2) is 24.4 Å². The van der Waals surface area contributed by atoms with E-state index in [0.717, 1.165) is 29.2 Å². The first-order valence-corrected chi connectivity index (χ1v) is 6.33. The van der Waals surface area contributed by atoms with Gasteiger partial charge in [0.15, 0.2) is 0 Å². The van der Waals surface area contributed by atoms with Gasteiger partial charge in [-0.25, -0.2) is 4.98 Å². The average molecular weight is 256 g/mol. The van der Waals surface area contributed by atoms with Crippen LogP contribution < -0.4 is 11.1 Å². The molecule has 3 rings (SSSR count). The predicted octanol–water partition coefficient (Wildman–Crippen LogP) is 1.43. The summed E-state index contributed by atoms with van der Waals surface area (Å²) in [6.07, 6.45) is 3.18. The molecule has 1 aliphatic rings. The second kappa shape index (κ2) is 4.51. The van der Waals surface area contributed by atoms with Gasteiger partial charge in [0.25, 0.3) is 0 Å². The minimum absolute atomic E-state index is 0.0891. The highest BCUT2D eigenvalue weighted by atomic mass is 16.1. The van der Waals surface area contributed by atoms with Crippen molar-refractivity contribution in [3.63, 3.8) is 0 Å². The molecule has 0 fully saturated rings. The summed E-state index contributed by atoms with van der Waals surface area (Å²) in [7, 11) is 1.96. The molecule has 3 N–H and O–H groups in total. The van der Waals surface area contributed by atoms with Crippen LogP contribution >= 0.6 is 0 Å². The fraction of sp³-hybridized carbons (Fsp3) is 0.286. The number of fused-ring (bicyclic) bond motifs is 1. The first kappa shape index (κ1) is 11.9. The molecule has 98 valence electrons. The number of rotatable bonds is 2. The normalized spacial score (nSPS) is 14.1. The molecule has 1 aromatic heterocycles. The Kier molecular flexibility index (Phi) is 2.83. The van der Waals surface area contributed by atoms with Crippen LogP contribution in [-0.2, 0) is 24.8 Å². The highest BCUT2D eigenvalue weighted by Crippen LogP contribution is 2.28. The number of nitrogens with two attached hydrogens (primary N) is 1. The van der Waals surface area contributed by atoms with E-state index in [4.69, 9.17) is 5.73 Å². The van der Waals surface area contributed by atoms with Crippen molar-refractivity contribution < 1.29 is 4.79 Å². The number of aryl methyl sites for hydroxylation is 1. The Balaban J connectivity index is 2.02. The number of imidazole rings is 1. The first-order valence-electron chi connectivity index (χ1n) is 6.33. The minimum Gasteiger partial charge on any atom is -0.330 e. The summed E-state index contributed by atoms with van der Waals surface area (Å²) < 4.78 is 2.00. The van der Waals surface area contributed by atoms with Crippen molar-refractivity contribution in [3.05, 3.63) is 35.8 Å². The number of amides is 1. The molecule has 0 aliphatic carbocycles. The van der Waals surface area contributed by atoms with Gasteiger partial charge < -0.3 is 15.6 Å². The molecule has 1 amide bonds. The highest BCUT2D eigenvalue weighted by Gasteiger charge is 2.16. The molecule has 1 aromatic carbocycles. The average Bonchev–Trinajstić information content (AvgIpc) is 2.79. The van der Waals surface area contributed by atoms with Crippen molar-refractivity contribution in [2.24, 2.45) is 12.8 Å². The molecule has 0 saturated carbocycles. The molecule has 1 aliphatic heterocycles. The van der Waals surface area contributed by atoms with Gasteiger partial charge in [-0.15, -0.1) is 0 Å². The van der Waals surface area contributed by atoms with Gasteiger partial charge >= 0.3 is 0 Å². The SMILES string of the molecule is Cn1c(-c2ccc3c(c2)CCC(=O)N3)cnc1CN. The summed E-state index contributed by atoms with van der Waals surface area (Å²) in [6.45, 7) is 0.428. The maximum Gasteiger partial charge on any atom is 0.224 e. The molecule has 0 atom stereocenters. The first-order chi connectivity index (χ1) is 9.19. The quantitative estimate of drug-likeness (QED) is 0.853. The number of aromatic nitrogens is 2. The van der Waals surface area contributed by atoms with E-state index >= 15 is 0 Å². The van der Waals surface area contributed by atoms with E-state index in [0.29, 0.717) is 13.0 Å². The lowest BCUT2D eigenvalue weighted by Gasteiger charge is -2.17. The molecule has 5 heteroatoms. The molecule has 0 radical (unpaired) electrons. The monoisotopic (exact) mass is 256 g/mol. The summed E-state index contributed by atoms with van der Waals surface area (Å²) >= 11 is 0. The number of anilines is 1. The molecule has 2 heterocycles. The Morgan fingerprint density at radius 1 is 1.42 bits per heavy atom. The van der Waals surface area contributed by atoms with Gasteiger partial charge in [-0.3, -0.25) is 4.79 Å². The van der Waals surface area contributed by atoms with Gasteiger partial charge in [0.2, 0.25) is 5.91 Å². The zero-order chi connectivity index (χ0) is 13.4. The molecule has 0 bridgehead atoms. The maximum atomic E-state index is 11.3. The van der Waals surface area contributed by atoms with Crippen LogP contribution in [0.25, 0.3) is 11.3 Å². The Morgan fingerprint density at radius 3 is 3.00 bits per heavy atom. The van der Waals surface area contributed by atoms with E-state index in [1.54, 1.807) is 0 Å². The van der Waals surface area contributed by atoms with Crippen LogP contribution in [0.5, 0.6) is 0 Å². The van der Waals surface area contributed by atoms with Gasteiger partial charge in [0.05, 0.1) is 18.4 Å². The molecular weight excluding hydrogens is 240 g/mol. The summed E-state index contributed by atoms with van der Waals surface area (Å²) in [5, 5.41) is 2.89. The number of nitrogens with zero attached hydrogens (tertiary/aromatic N) is 2. The Morgan fingerprint density at radius 2 is 2.26 bits per heavy atom. The predicted molar refractivity (Wildman–Crippen MR) is 73.5 cm³/mol. The molecule has 2 aromatic rings. The van der Waals surface area contributed by atoms with Crippen molar-refractivity contribution in [2.75, 3.05) is 5.32 Å². The van der Waals surface area contributed by atoms with E-state index in [1.165, 1.54) is 5.56 Å². The number of benzene rings is 1. The lowest BCUT2D eigenvalue weighted by atomic mass is 9.99. The van der Waals surface area contributed by atoms with Gasteiger partial charge in [-0.1, -0.05) is 6.07 Å². The molecule has 5 nitrogen and oxygen atoms in total. The third-order valence-corrected chi connectivity index (χ3v) is 3.56. The van der Waals surface area contributed by atoms with Crippen LogP contribution in [0, 0.1) is 0 Å². The fourth-order valence-corrected chi connectivity index (χ4v) is 2.45. The summed E-state index contributed by atoms with van der Waals surface area (Å²) in [4.78, 5) is 15.6. The molecular formula is C14H16N4O. The number of carbonyl (C=O) groups excluding carboxylic acids is 1. The second-order valence-corrected chi connectivity index (χ2v) is 4.74. The lowest BCUT2D eigenvalue weighted by molar-refractivity contribution is -0.116. The fourth-order valence-electron chi connectivity index (χ4n) is 2.45. The van der Waals surface area contributed by atoms with Crippen LogP contribution in [0.2, 0.25) is 0 Å². The second-order valence-electron chi connectivity index (χ2n) is 4.74. The number of nitrogens with one attached hydrogen (secondary N) is 1. The molecule has 0 spiro atoms. The van der Waals surface area contributed by atoms with Crippen LogP contribution in [0.1, 0.15) is 17.8 Å². The zero-order valence-corrected chi connectivity index (χ0v) is 10.8. The Bertz CT molecular complexity index is 645. The van der Waals surface area contributed by atoms with Crippen molar-refractivity contribution in [1.82, 2.24) is 9.55 Å². The van der Waals surface area contributed by atoms with Gasteiger partial charge in [-0.05, 0) is 24.1 Å². The van der Waals surface area contributed by atoms with Crippen molar-refractivity contribution in [2.45, 2.75) is 19.4 Å². The minimum atomic E-state index is 0.0891. The van der Waals surface area contributed by atoms with Crippen molar-refractivity contribution in [3.8, 4) is 11.3 Å². The summed E-state index contributed by atoms with van der Waals surface area (Å²) in [6, 6.07) is 6.07. The lowest BCUT2D eigenvalue weighted by Crippen LogP contribution is -2.18. The van der Waals surface area contributed by atoms with Gasteiger partial charge in [0, 0.05) is 24.7 Å². The smallest absolute Gasteiger partial charge is 0.224 e. The largest absolute Gasteiger partial charge is 0.330 e. The number of hydrogen-bond acceptors (Lipinski definition) is 3. The van der Waals surface area contributed by atoms with Crippen LogP contribution in [0.4, 0.5) is 5.69 Å². The molecule has 19 heavy (non-hydrogen) atoms. The van der Waals surface area contributed by atoms with Crippen molar-refractivity contribution in [1.29, 1.82) is 0 Å². The van der Waals surface area contributed by atoms with E-state index in [1.807, 2.05) is 29.9 Å². The topological polar surface area (TPSA) is 72.9 Å². The maximum absolute atomic E-state index is 11.3. The number of carbonyl (C=O) groups is 1. The third-order valence-electron chi connectivity index (χ3n) is 3.56. The Hall–Kier alpha value is -2.14. The standard InChI is InChI=1S/C14H16N4O/c1-18-12(8-16-13(18)7-15)10-2-4-11-9(6-10)3-5-14(19)17-11/h2,4,6,8H,3,5,7,15H2,1H3,(H,17,19). The summed E-state index contributed by atoms with van der Waals surface area (Å²) in [5.74, 6) is 0.951. The zero-order valence-electron chi connectivity index (χ0n) is 10.8.